The van der Waals surface area contributed by atoms with Crippen LogP contribution in [0.15, 0.2) is 29.2 Å². The van der Waals surface area contributed by atoms with Gasteiger partial charge in [0.25, 0.3) is 0 Å². The average Bonchev–Trinajstić information content (AvgIpc) is 3.16. The molecule has 0 unspecified atom stereocenters. The molecule has 2 aliphatic rings. The quantitative estimate of drug-likeness (QED) is 0.592. The van der Waals surface area contributed by atoms with Crippen LogP contribution in [0.5, 0.6) is 0 Å². The summed E-state index contributed by atoms with van der Waals surface area (Å²) in [5.74, 6) is 1.28. The lowest BCUT2D eigenvalue weighted by Crippen LogP contribution is -2.49. The molecule has 0 bridgehead atoms. The summed E-state index contributed by atoms with van der Waals surface area (Å²) in [4.78, 5) is 13.7. The number of nitrogen functional groups attached to an aromatic ring is 1. The fourth-order valence-electron chi connectivity index (χ4n) is 4.77. The van der Waals surface area contributed by atoms with Crippen molar-refractivity contribution in [1.29, 1.82) is 0 Å². The predicted molar refractivity (Wildman–Crippen MR) is 128 cm³/mol. The number of piperazine rings is 1. The van der Waals surface area contributed by atoms with E-state index in [1.807, 2.05) is 0 Å². The maximum atomic E-state index is 14.0. The Morgan fingerprint density at radius 1 is 1.18 bits per heavy atom. The average molecular weight is 490 g/mol. The Morgan fingerprint density at radius 3 is 2.70 bits per heavy atom. The van der Waals surface area contributed by atoms with E-state index in [1.54, 1.807) is 17.4 Å². The van der Waals surface area contributed by atoms with E-state index in [4.69, 9.17) is 10.7 Å². The third-order valence-corrected chi connectivity index (χ3v) is 9.75. The summed E-state index contributed by atoms with van der Waals surface area (Å²) in [5, 5.41) is 1.04. The summed E-state index contributed by atoms with van der Waals surface area (Å²) >= 11 is 1.75. The number of thiophene rings is 1. The molecular weight excluding hydrogens is 461 g/mol. The fourth-order valence-corrected chi connectivity index (χ4v) is 7.67. The minimum absolute atomic E-state index is 0.260. The van der Waals surface area contributed by atoms with Gasteiger partial charge in [0.2, 0.25) is 10.0 Å². The highest BCUT2D eigenvalue weighted by Crippen LogP contribution is 2.39. The first kappa shape index (κ1) is 22.6. The van der Waals surface area contributed by atoms with Crippen molar-refractivity contribution >= 4 is 37.4 Å². The standard InChI is InChI=1S/C23H28FN5O2S2/c1-15-6-7-16-18(14-15)32-23-21(16)22(25)26-20(27-23)8-9-28-10-12-29(13-11-28)33(30,31)19-5-3-2-4-17(19)24/h2-5,15H,6-14H2,1H3,(H2,25,26,27)/t15-/m1/s1. The van der Waals surface area contributed by atoms with Gasteiger partial charge in [-0.25, -0.2) is 22.8 Å². The molecule has 0 radical (unpaired) electrons. The Hall–Kier alpha value is -2.14. The second kappa shape index (κ2) is 8.90. The van der Waals surface area contributed by atoms with Crippen molar-refractivity contribution in [2.45, 2.75) is 37.5 Å². The van der Waals surface area contributed by atoms with Crippen molar-refractivity contribution in [2.24, 2.45) is 5.92 Å². The van der Waals surface area contributed by atoms with Crippen LogP contribution in [0.1, 0.15) is 29.6 Å². The molecule has 3 heterocycles. The number of anilines is 1. The van der Waals surface area contributed by atoms with Gasteiger partial charge in [0.05, 0.1) is 5.39 Å². The lowest BCUT2D eigenvalue weighted by Gasteiger charge is -2.33. The second-order valence-electron chi connectivity index (χ2n) is 8.98. The monoisotopic (exact) mass is 489 g/mol. The molecule has 33 heavy (non-hydrogen) atoms. The second-order valence-corrected chi connectivity index (χ2v) is 12.0. The molecule has 3 aromatic rings. The van der Waals surface area contributed by atoms with E-state index in [-0.39, 0.29) is 4.90 Å². The minimum atomic E-state index is -3.83. The SMILES string of the molecule is C[C@@H]1CCc2c(sc3nc(CCN4CCN(S(=O)(=O)c5ccccc5F)CC4)nc(N)c23)C1. The lowest BCUT2D eigenvalue weighted by molar-refractivity contribution is 0.189. The summed E-state index contributed by atoms with van der Waals surface area (Å²) in [6.45, 7) is 4.83. The number of halogens is 1. The molecule has 0 amide bonds. The maximum Gasteiger partial charge on any atom is 0.246 e. The van der Waals surface area contributed by atoms with Gasteiger partial charge in [-0.05, 0) is 42.9 Å². The number of rotatable bonds is 5. The van der Waals surface area contributed by atoms with Gasteiger partial charge in [-0.2, -0.15) is 4.31 Å². The zero-order valence-corrected chi connectivity index (χ0v) is 20.3. The van der Waals surface area contributed by atoms with Crippen LogP contribution in [-0.2, 0) is 29.3 Å². The van der Waals surface area contributed by atoms with Crippen molar-refractivity contribution in [3.63, 3.8) is 0 Å². The van der Waals surface area contributed by atoms with Crippen LogP contribution in [0.4, 0.5) is 10.2 Å². The molecule has 2 N–H and O–H groups in total. The van der Waals surface area contributed by atoms with Crippen LogP contribution >= 0.6 is 11.3 Å². The molecule has 1 aromatic carbocycles. The van der Waals surface area contributed by atoms with Crippen LogP contribution < -0.4 is 5.73 Å². The number of nitrogens with zero attached hydrogens (tertiary/aromatic N) is 4. The van der Waals surface area contributed by atoms with E-state index in [0.717, 1.165) is 35.4 Å². The molecule has 1 aliphatic heterocycles. The van der Waals surface area contributed by atoms with E-state index in [2.05, 4.69) is 16.8 Å². The topological polar surface area (TPSA) is 92.4 Å². The third kappa shape index (κ3) is 4.37. The number of aryl methyl sites for hydroxylation is 1. The molecular formula is C23H28FN5O2S2. The van der Waals surface area contributed by atoms with Gasteiger partial charge in [0, 0.05) is 44.0 Å². The Morgan fingerprint density at radius 2 is 1.94 bits per heavy atom. The van der Waals surface area contributed by atoms with Crippen molar-refractivity contribution < 1.29 is 12.8 Å². The van der Waals surface area contributed by atoms with Gasteiger partial charge in [0.15, 0.2) is 0 Å². The normalized spacial score (nSPS) is 20.2. The maximum absolute atomic E-state index is 14.0. The van der Waals surface area contributed by atoms with Crippen molar-refractivity contribution in [2.75, 3.05) is 38.5 Å². The van der Waals surface area contributed by atoms with Gasteiger partial charge in [-0.3, -0.25) is 0 Å². The largest absolute Gasteiger partial charge is 0.383 e. The molecule has 0 spiro atoms. The van der Waals surface area contributed by atoms with Crippen molar-refractivity contribution in [3.05, 3.63) is 46.3 Å². The Balaban J connectivity index is 1.23. The number of hydrogen-bond acceptors (Lipinski definition) is 7. The van der Waals surface area contributed by atoms with Crippen molar-refractivity contribution in [1.82, 2.24) is 19.2 Å². The number of benzene rings is 1. The zero-order chi connectivity index (χ0) is 23.2. The van der Waals surface area contributed by atoms with E-state index in [1.165, 1.54) is 39.4 Å². The number of hydrogen-bond donors (Lipinski definition) is 1. The van der Waals surface area contributed by atoms with Crippen LogP contribution in [-0.4, -0.2) is 60.3 Å². The van der Waals surface area contributed by atoms with Gasteiger partial charge < -0.3 is 10.6 Å². The van der Waals surface area contributed by atoms with Crippen molar-refractivity contribution in [3.8, 4) is 0 Å². The molecule has 1 fully saturated rings. The van der Waals surface area contributed by atoms with Gasteiger partial charge in [0.1, 0.15) is 27.2 Å². The molecule has 5 rings (SSSR count). The molecule has 0 saturated carbocycles. The van der Waals surface area contributed by atoms with Crippen LogP contribution in [0, 0.1) is 11.7 Å². The Bertz CT molecular complexity index is 1290. The first-order chi connectivity index (χ1) is 15.8. The van der Waals surface area contributed by atoms with Gasteiger partial charge in [-0.15, -0.1) is 11.3 Å². The highest BCUT2D eigenvalue weighted by atomic mass is 32.2. The van der Waals surface area contributed by atoms with E-state index >= 15 is 0 Å². The first-order valence-electron chi connectivity index (χ1n) is 11.4. The highest BCUT2D eigenvalue weighted by Gasteiger charge is 2.30. The smallest absolute Gasteiger partial charge is 0.246 e. The summed E-state index contributed by atoms with van der Waals surface area (Å²) in [7, 11) is -3.83. The fraction of sp³-hybridized carbons (Fsp3) is 0.478. The van der Waals surface area contributed by atoms with Gasteiger partial charge >= 0.3 is 0 Å². The molecule has 2 aromatic heterocycles. The van der Waals surface area contributed by atoms with E-state index in [9.17, 15) is 12.8 Å². The lowest BCUT2D eigenvalue weighted by atomic mass is 9.89. The molecule has 1 atom stereocenters. The van der Waals surface area contributed by atoms with E-state index < -0.39 is 15.8 Å². The minimum Gasteiger partial charge on any atom is -0.383 e. The number of fused-ring (bicyclic) bond motifs is 3. The van der Waals surface area contributed by atoms with Crippen LogP contribution in [0.2, 0.25) is 0 Å². The predicted octanol–water partition coefficient (Wildman–Crippen LogP) is 3.09. The number of sulfonamides is 1. The zero-order valence-electron chi connectivity index (χ0n) is 18.6. The third-order valence-electron chi connectivity index (χ3n) is 6.67. The summed E-state index contributed by atoms with van der Waals surface area (Å²) < 4.78 is 41.0. The summed E-state index contributed by atoms with van der Waals surface area (Å²) in [6.07, 6.45) is 3.96. The number of aromatic nitrogens is 2. The summed E-state index contributed by atoms with van der Waals surface area (Å²) in [6, 6.07) is 5.53. The number of nitrogens with two attached hydrogens (primary N) is 1. The first-order valence-corrected chi connectivity index (χ1v) is 13.6. The van der Waals surface area contributed by atoms with E-state index in [0.29, 0.717) is 44.3 Å². The molecule has 1 saturated heterocycles. The van der Waals surface area contributed by atoms with Crippen LogP contribution in [0.3, 0.4) is 0 Å². The molecule has 176 valence electrons. The highest BCUT2D eigenvalue weighted by molar-refractivity contribution is 7.89. The summed E-state index contributed by atoms with van der Waals surface area (Å²) in [5.41, 5.74) is 7.68. The molecule has 10 heteroatoms. The molecule has 1 aliphatic carbocycles. The Labute approximate surface area is 197 Å². The Kier molecular flexibility index (Phi) is 6.11. The molecule has 7 nitrogen and oxygen atoms in total. The van der Waals surface area contributed by atoms with Gasteiger partial charge in [-0.1, -0.05) is 19.1 Å². The van der Waals surface area contributed by atoms with Crippen LogP contribution in [0.25, 0.3) is 10.2 Å².